The Balaban J connectivity index is 1.40. The topological polar surface area (TPSA) is 66.5 Å². The van der Waals surface area contributed by atoms with E-state index in [0.717, 1.165) is 22.1 Å². The summed E-state index contributed by atoms with van der Waals surface area (Å²) in [4.78, 5) is 37.9. The number of unbranched alkanes of at least 4 members (excludes halogenated alkanes) is 2. The van der Waals surface area contributed by atoms with Crippen LogP contribution in [-0.4, -0.2) is 29.2 Å². The van der Waals surface area contributed by atoms with Gasteiger partial charge < -0.3 is 5.32 Å². The van der Waals surface area contributed by atoms with Gasteiger partial charge in [-0.1, -0.05) is 24.6 Å². The zero-order chi connectivity index (χ0) is 19.4. The number of imide groups is 1. The zero-order valence-corrected chi connectivity index (χ0v) is 16.7. The summed E-state index contributed by atoms with van der Waals surface area (Å²) in [6.45, 7) is 2.38. The van der Waals surface area contributed by atoms with E-state index in [4.69, 9.17) is 0 Å². The van der Waals surface area contributed by atoms with E-state index in [1.165, 1.54) is 4.90 Å². The fourth-order valence-corrected chi connectivity index (χ4v) is 3.70. The van der Waals surface area contributed by atoms with Crippen molar-refractivity contribution in [1.82, 2.24) is 4.90 Å². The van der Waals surface area contributed by atoms with E-state index in [2.05, 4.69) is 21.2 Å². The Labute approximate surface area is 166 Å². The highest BCUT2D eigenvalue weighted by molar-refractivity contribution is 9.10. The molecule has 2 aromatic rings. The molecule has 1 heterocycles. The third kappa shape index (κ3) is 4.45. The van der Waals surface area contributed by atoms with Gasteiger partial charge in [0, 0.05) is 17.4 Å². The van der Waals surface area contributed by atoms with Crippen LogP contribution in [0.3, 0.4) is 0 Å². The van der Waals surface area contributed by atoms with Crippen molar-refractivity contribution in [2.75, 3.05) is 11.9 Å². The Morgan fingerprint density at radius 3 is 2.30 bits per heavy atom. The molecule has 0 bridgehead atoms. The second kappa shape index (κ2) is 8.48. The van der Waals surface area contributed by atoms with Crippen molar-refractivity contribution in [3.05, 3.63) is 63.6 Å². The molecular formula is C21H21BrN2O3. The molecule has 1 N–H and O–H groups in total. The standard InChI is InChI=1S/C21H21BrN2O3/c1-14-10-11-18(17(22)13-14)23-19(25)9-3-2-6-12-24-20(26)15-7-4-5-8-16(15)21(24)27/h4-5,7-8,10-11,13H,2-3,6,9,12H2,1H3,(H,23,25). The predicted molar refractivity (Wildman–Crippen MR) is 108 cm³/mol. The van der Waals surface area contributed by atoms with Crippen molar-refractivity contribution in [3.63, 3.8) is 0 Å². The van der Waals surface area contributed by atoms with Gasteiger partial charge >= 0.3 is 0 Å². The van der Waals surface area contributed by atoms with Crippen molar-refractivity contribution >= 4 is 39.3 Å². The maximum atomic E-state index is 12.3. The number of nitrogens with zero attached hydrogens (tertiary/aromatic N) is 1. The third-order valence-electron chi connectivity index (χ3n) is 4.56. The molecule has 0 aliphatic carbocycles. The van der Waals surface area contributed by atoms with Crippen LogP contribution in [0.4, 0.5) is 5.69 Å². The molecule has 0 saturated carbocycles. The molecule has 0 aromatic heterocycles. The first kappa shape index (κ1) is 19.3. The third-order valence-corrected chi connectivity index (χ3v) is 5.22. The first-order chi connectivity index (χ1) is 13.0. The molecule has 0 fully saturated rings. The molecule has 0 atom stereocenters. The number of rotatable bonds is 7. The van der Waals surface area contributed by atoms with Crippen LogP contribution in [0.25, 0.3) is 0 Å². The number of nitrogens with one attached hydrogen (secondary N) is 1. The Morgan fingerprint density at radius 1 is 1.00 bits per heavy atom. The smallest absolute Gasteiger partial charge is 0.261 e. The second-order valence-electron chi connectivity index (χ2n) is 6.65. The number of hydrogen-bond acceptors (Lipinski definition) is 3. The molecule has 2 aromatic carbocycles. The Bertz CT molecular complexity index is 860. The van der Waals surface area contributed by atoms with E-state index in [9.17, 15) is 14.4 Å². The molecular weight excluding hydrogens is 408 g/mol. The van der Waals surface area contributed by atoms with Crippen LogP contribution in [0.5, 0.6) is 0 Å². The zero-order valence-electron chi connectivity index (χ0n) is 15.1. The van der Waals surface area contributed by atoms with Gasteiger partial charge in [0.05, 0.1) is 16.8 Å². The van der Waals surface area contributed by atoms with Gasteiger partial charge in [-0.15, -0.1) is 0 Å². The van der Waals surface area contributed by atoms with Crippen molar-refractivity contribution < 1.29 is 14.4 Å². The average molecular weight is 429 g/mol. The minimum absolute atomic E-state index is 0.0414. The number of anilines is 1. The molecule has 27 heavy (non-hydrogen) atoms. The van der Waals surface area contributed by atoms with Crippen molar-refractivity contribution in [2.24, 2.45) is 0 Å². The highest BCUT2D eigenvalue weighted by atomic mass is 79.9. The van der Waals surface area contributed by atoms with Gasteiger partial charge in [0.25, 0.3) is 11.8 Å². The number of fused-ring (bicyclic) bond motifs is 1. The highest BCUT2D eigenvalue weighted by Gasteiger charge is 2.34. The lowest BCUT2D eigenvalue weighted by molar-refractivity contribution is -0.116. The van der Waals surface area contributed by atoms with Crippen LogP contribution in [0, 0.1) is 6.92 Å². The first-order valence-electron chi connectivity index (χ1n) is 8.98. The van der Waals surface area contributed by atoms with E-state index >= 15 is 0 Å². The second-order valence-corrected chi connectivity index (χ2v) is 7.50. The predicted octanol–water partition coefficient (Wildman–Crippen LogP) is 4.55. The summed E-state index contributed by atoms with van der Waals surface area (Å²) in [5, 5.41) is 2.89. The molecule has 6 heteroatoms. The molecule has 0 radical (unpaired) electrons. The molecule has 140 valence electrons. The summed E-state index contributed by atoms with van der Waals surface area (Å²) in [5.41, 5.74) is 2.83. The molecule has 0 saturated heterocycles. The molecule has 1 aliphatic rings. The van der Waals surface area contributed by atoms with E-state index in [1.807, 2.05) is 25.1 Å². The Morgan fingerprint density at radius 2 is 1.67 bits per heavy atom. The first-order valence-corrected chi connectivity index (χ1v) is 9.78. The largest absolute Gasteiger partial charge is 0.325 e. The van der Waals surface area contributed by atoms with Crippen LogP contribution in [0.2, 0.25) is 0 Å². The number of hydrogen-bond donors (Lipinski definition) is 1. The number of carbonyl (C=O) groups is 3. The van der Waals surface area contributed by atoms with Crippen molar-refractivity contribution in [3.8, 4) is 0 Å². The lowest BCUT2D eigenvalue weighted by Gasteiger charge is -2.13. The summed E-state index contributed by atoms with van der Waals surface area (Å²) >= 11 is 3.45. The van der Waals surface area contributed by atoms with Gasteiger partial charge in [-0.05, 0) is 65.5 Å². The minimum Gasteiger partial charge on any atom is -0.325 e. The highest BCUT2D eigenvalue weighted by Crippen LogP contribution is 2.24. The maximum absolute atomic E-state index is 12.3. The molecule has 0 spiro atoms. The summed E-state index contributed by atoms with van der Waals surface area (Å²) < 4.78 is 0.862. The summed E-state index contributed by atoms with van der Waals surface area (Å²) in [6.07, 6.45) is 2.57. The van der Waals surface area contributed by atoms with E-state index in [-0.39, 0.29) is 17.7 Å². The number of amides is 3. The van der Waals surface area contributed by atoms with Crippen LogP contribution < -0.4 is 5.32 Å². The van der Waals surface area contributed by atoms with Gasteiger partial charge in [0.15, 0.2) is 0 Å². The van der Waals surface area contributed by atoms with Crippen LogP contribution in [0.15, 0.2) is 46.9 Å². The van der Waals surface area contributed by atoms with Gasteiger partial charge in [-0.25, -0.2) is 0 Å². The van der Waals surface area contributed by atoms with Crippen LogP contribution in [-0.2, 0) is 4.79 Å². The Kier molecular flexibility index (Phi) is 6.06. The quantitative estimate of drug-likeness (QED) is 0.519. The van der Waals surface area contributed by atoms with Gasteiger partial charge in [0.1, 0.15) is 0 Å². The molecule has 3 amide bonds. The number of halogens is 1. The fourth-order valence-electron chi connectivity index (χ4n) is 3.11. The normalized spacial score (nSPS) is 13.0. The van der Waals surface area contributed by atoms with Crippen molar-refractivity contribution in [1.29, 1.82) is 0 Å². The van der Waals surface area contributed by atoms with E-state index in [0.29, 0.717) is 36.9 Å². The number of benzene rings is 2. The molecule has 1 aliphatic heterocycles. The lowest BCUT2D eigenvalue weighted by Crippen LogP contribution is -2.30. The van der Waals surface area contributed by atoms with Gasteiger partial charge in [-0.2, -0.15) is 0 Å². The number of carbonyl (C=O) groups excluding carboxylic acids is 3. The summed E-state index contributed by atoms with van der Waals surface area (Å²) in [5.74, 6) is -0.490. The summed E-state index contributed by atoms with van der Waals surface area (Å²) in [7, 11) is 0. The fraction of sp³-hybridized carbons (Fsp3) is 0.286. The summed E-state index contributed by atoms with van der Waals surface area (Å²) in [6, 6.07) is 12.7. The van der Waals surface area contributed by atoms with Gasteiger partial charge in [0.2, 0.25) is 5.91 Å². The monoisotopic (exact) mass is 428 g/mol. The van der Waals surface area contributed by atoms with E-state index in [1.54, 1.807) is 24.3 Å². The lowest BCUT2D eigenvalue weighted by atomic mass is 10.1. The number of aryl methyl sites for hydroxylation is 1. The minimum atomic E-state index is -0.224. The Hall–Kier alpha value is -2.47. The molecule has 3 rings (SSSR count). The van der Waals surface area contributed by atoms with Crippen LogP contribution in [0.1, 0.15) is 52.0 Å². The van der Waals surface area contributed by atoms with Crippen molar-refractivity contribution in [2.45, 2.75) is 32.6 Å². The molecule has 5 nitrogen and oxygen atoms in total. The molecule has 0 unspecified atom stereocenters. The average Bonchev–Trinajstić information content (AvgIpc) is 2.89. The SMILES string of the molecule is Cc1ccc(NC(=O)CCCCCN2C(=O)c3ccccc3C2=O)c(Br)c1. The van der Waals surface area contributed by atoms with Crippen LogP contribution >= 0.6 is 15.9 Å². The van der Waals surface area contributed by atoms with Gasteiger partial charge in [-0.3, -0.25) is 19.3 Å². The maximum Gasteiger partial charge on any atom is 0.261 e. The van der Waals surface area contributed by atoms with E-state index < -0.39 is 0 Å².